The molecule has 4 heteroatoms. The Hall–Kier alpha value is -1.39. The van der Waals surface area contributed by atoms with E-state index in [-0.39, 0.29) is 18.1 Å². The van der Waals surface area contributed by atoms with E-state index < -0.39 is 0 Å². The number of nitrogens with one attached hydrogen (secondary N) is 1. The molecule has 116 valence electrons. The monoisotopic (exact) mass is 289 g/mol. The Balaban J connectivity index is 2.12. The highest BCUT2D eigenvalue weighted by molar-refractivity contribution is 5.84. The maximum absolute atomic E-state index is 12.5. The van der Waals surface area contributed by atoms with Gasteiger partial charge in [0.1, 0.15) is 6.17 Å². The van der Waals surface area contributed by atoms with Gasteiger partial charge in [0.25, 0.3) is 0 Å². The number of hydrogen-bond acceptors (Lipinski definition) is 3. The zero-order valence-electron chi connectivity index (χ0n) is 13.6. The average molecular weight is 289 g/mol. The number of carbonyl (C=O) groups excluding carboxylic acids is 1. The van der Waals surface area contributed by atoms with Crippen molar-refractivity contribution in [1.82, 2.24) is 15.1 Å². The van der Waals surface area contributed by atoms with E-state index in [1.165, 1.54) is 11.1 Å². The third kappa shape index (κ3) is 3.83. The number of amides is 1. The molecular weight excluding hydrogens is 262 g/mol. The summed E-state index contributed by atoms with van der Waals surface area (Å²) in [4.78, 5) is 16.7. The van der Waals surface area contributed by atoms with Crippen molar-refractivity contribution in [3.63, 3.8) is 0 Å². The lowest BCUT2D eigenvalue weighted by Gasteiger charge is -2.25. The molecule has 0 saturated carbocycles. The minimum atomic E-state index is -0.0457. The van der Waals surface area contributed by atoms with Crippen LogP contribution < -0.4 is 5.32 Å². The number of rotatable bonds is 6. The fourth-order valence-corrected chi connectivity index (χ4v) is 2.79. The van der Waals surface area contributed by atoms with Gasteiger partial charge >= 0.3 is 0 Å². The van der Waals surface area contributed by atoms with Crippen LogP contribution in [0.15, 0.2) is 24.3 Å². The third-order valence-corrected chi connectivity index (χ3v) is 4.06. The molecule has 0 aromatic heterocycles. The highest BCUT2D eigenvalue weighted by Crippen LogP contribution is 2.26. The smallest absolute Gasteiger partial charge is 0.241 e. The molecule has 1 N–H and O–H groups in total. The Morgan fingerprint density at radius 3 is 2.48 bits per heavy atom. The van der Waals surface area contributed by atoms with Crippen LogP contribution >= 0.6 is 0 Å². The maximum Gasteiger partial charge on any atom is 0.241 e. The predicted molar refractivity (Wildman–Crippen MR) is 86.0 cm³/mol. The topological polar surface area (TPSA) is 35.6 Å². The molecule has 21 heavy (non-hydrogen) atoms. The number of nitrogens with zero attached hydrogens (tertiary/aromatic N) is 2. The lowest BCUT2D eigenvalue weighted by Crippen LogP contribution is -2.33. The van der Waals surface area contributed by atoms with Crippen LogP contribution in [0.5, 0.6) is 0 Å². The summed E-state index contributed by atoms with van der Waals surface area (Å²) < 4.78 is 0. The highest BCUT2D eigenvalue weighted by Gasteiger charge is 2.37. The minimum absolute atomic E-state index is 0.0187. The van der Waals surface area contributed by atoms with Gasteiger partial charge in [0.05, 0.1) is 6.04 Å². The van der Waals surface area contributed by atoms with Crippen LogP contribution in [-0.2, 0) is 4.79 Å². The highest BCUT2D eigenvalue weighted by atomic mass is 16.2. The van der Waals surface area contributed by atoms with E-state index >= 15 is 0 Å². The molecule has 1 aliphatic heterocycles. The maximum atomic E-state index is 12.5. The summed E-state index contributed by atoms with van der Waals surface area (Å²) in [5.41, 5.74) is 2.42. The van der Waals surface area contributed by atoms with E-state index in [1.54, 1.807) is 0 Å². The molecule has 1 aromatic carbocycles. The Bertz CT molecular complexity index is 469. The van der Waals surface area contributed by atoms with Crippen molar-refractivity contribution in [1.29, 1.82) is 0 Å². The Morgan fingerprint density at radius 1 is 1.24 bits per heavy atom. The van der Waals surface area contributed by atoms with Crippen LogP contribution in [0.25, 0.3) is 0 Å². The van der Waals surface area contributed by atoms with Gasteiger partial charge in [0.15, 0.2) is 0 Å². The van der Waals surface area contributed by atoms with Gasteiger partial charge in [-0.25, -0.2) is 0 Å². The molecule has 1 aliphatic rings. The molecular formula is C17H27N3O. The van der Waals surface area contributed by atoms with E-state index in [9.17, 15) is 4.79 Å². The van der Waals surface area contributed by atoms with Crippen molar-refractivity contribution < 1.29 is 4.79 Å². The van der Waals surface area contributed by atoms with Gasteiger partial charge in [-0.15, -0.1) is 0 Å². The summed E-state index contributed by atoms with van der Waals surface area (Å²) in [7, 11) is 4.13. The van der Waals surface area contributed by atoms with Crippen LogP contribution in [0.1, 0.15) is 37.1 Å². The molecule has 0 spiro atoms. The molecule has 0 aliphatic carbocycles. The standard InChI is InChI=1S/C17H27N3O/c1-5-15-17(21)20(12-6-11-19(3)4)16(18-15)14-9-7-13(2)8-10-14/h7-10,15-16,18H,5-6,11-12H2,1-4H3. The number of aryl methyl sites for hydroxylation is 1. The van der Waals surface area contributed by atoms with Crippen LogP contribution in [-0.4, -0.2) is 48.9 Å². The molecule has 2 unspecified atom stereocenters. The summed E-state index contributed by atoms with van der Waals surface area (Å²) in [6, 6.07) is 8.42. The second kappa shape index (κ2) is 7.05. The average Bonchev–Trinajstić information content (AvgIpc) is 2.76. The summed E-state index contributed by atoms with van der Waals surface area (Å²) in [5.74, 6) is 0.238. The largest absolute Gasteiger partial charge is 0.322 e. The van der Waals surface area contributed by atoms with Gasteiger partial charge in [-0.2, -0.15) is 0 Å². The molecule has 2 atom stereocenters. The first-order valence-corrected chi connectivity index (χ1v) is 7.80. The molecule has 4 nitrogen and oxygen atoms in total. The van der Waals surface area contributed by atoms with Crippen LogP contribution in [0.3, 0.4) is 0 Å². The molecule has 2 rings (SSSR count). The van der Waals surface area contributed by atoms with Gasteiger partial charge in [0, 0.05) is 6.54 Å². The number of hydrogen-bond donors (Lipinski definition) is 1. The van der Waals surface area contributed by atoms with Crippen molar-refractivity contribution >= 4 is 5.91 Å². The second-order valence-corrected chi connectivity index (χ2v) is 6.13. The normalized spacial score (nSPS) is 22.3. The van der Waals surface area contributed by atoms with Crippen LogP contribution in [0.2, 0.25) is 0 Å². The van der Waals surface area contributed by atoms with Crippen LogP contribution in [0, 0.1) is 6.92 Å². The molecule has 0 bridgehead atoms. The third-order valence-electron chi connectivity index (χ3n) is 4.06. The number of benzene rings is 1. The van der Waals surface area contributed by atoms with Crippen LogP contribution in [0.4, 0.5) is 0 Å². The van der Waals surface area contributed by atoms with Gasteiger partial charge < -0.3 is 9.80 Å². The van der Waals surface area contributed by atoms with Crippen molar-refractivity contribution in [2.45, 2.75) is 38.9 Å². The van der Waals surface area contributed by atoms with Crippen molar-refractivity contribution in [3.05, 3.63) is 35.4 Å². The fraction of sp³-hybridized carbons (Fsp3) is 0.588. The fourth-order valence-electron chi connectivity index (χ4n) is 2.79. The zero-order valence-corrected chi connectivity index (χ0v) is 13.6. The molecule has 1 fully saturated rings. The second-order valence-electron chi connectivity index (χ2n) is 6.13. The van der Waals surface area contributed by atoms with E-state index in [0.29, 0.717) is 0 Å². The molecule has 1 saturated heterocycles. The Kier molecular flexibility index (Phi) is 5.37. The van der Waals surface area contributed by atoms with Crippen molar-refractivity contribution in [3.8, 4) is 0 Å². The first kappa shape index (κ1) is 16.0. The van der Waals surface area contributed by atoms with Crippen molar-refractivity contribution in [2.75, 3.05) is 27.2 Å². The first-order chi connectivity index (χ1) is 10.0. The Morgan fingerprint density at radius 2 is 1.90 bits per heavy atom. The van der Waals surface area contributed by atoms with E-state index in [0.717, 1.165) is 25.9 Å². The summed E-state index contributed by atoms with van der Waals surface area (Å²) in [6.07, 6.45) is 1.86. The SMILES string of the molecule is CCC1NC(c2ccc(C)cc2)N(CCCN(C)C)C1=O. The Labute approximate surface area is 128 Å². The van der Waals surface area contributed by atoms with Gasteiger partial charge in [-0.05, 0) is 46.0 Å². The summed E-state index contributed by atoms with van der Waals surface area (Å²) in [6.45, 7) is 5.95. The van der Waals surface area contributed by atoms with Gasteiger partial charge in [0.2, 0.25) is 5.91 Å². The van der Waals surface area contributed by atoms with Gasteiger partial charge in [-0.3, -0.25) is 10.1 Å². The van der Waals surface area contributed by atoms with E-state index in [4.69, 9.17) is 0 Å². The minimum Gasteiger partial charge on any atom is -0.322 e. The quantitative estimate of drug-likeness (QED) is 0.871. The van der Waals surface area contributed by atoms with Crippen molar-refractivity contribution in [2.24, 2.45) is 0 Å². The molecule has 1 aromatic rings. The predicted octanol–water partition coefficient (Wildman–Crippen LogP) is 2.16. The molecule has 1 heterocycles. The first-order valence-electron chi connectivity index (χ1n) is 7.80. The lowest BCUT2D eigenvalue weighted by molar-refractivity contribution is -0.130. The lowest BCUT2D eigenvalue weighted by atomic mass is 10.1. The number of carbonyl (C=O) groups is 1. The zero-order chi connectivity index (χ0) is 15.4. The van der Waals surface area contributed by atoms with Gasteiger partial charge in [-0.1, -0.05) is 36.8 Å². The van der Waals surface area contributed by atoms with E-state index in [1.807, 2.05) is 4.90 Å². The molecule has 0 radical (unpaired) electrons. The summed E-state index contributed by atoms with van der Waals surface area (Å²) in [5, 5.41) is 3.48. The van der Waals surface area contributed by atoms with E-state index in [2.05, 4.69) is 62.4 Å². The summed E-state index contributed by atoms with van der Waals surface area (Å²) >= 11 is 0. The molecule has 1 amide bonds.